The molecule has 1 N–H and O–H groups in total. The third-order valence-corrected chi connectivity index (χ3v) is 6.21. The molecule has 0 bridgehead atoms. The number of Topliss-reactive ketones (excluding diaryl/α,β-unsaturated/α-hetero) is 1. The maximum atomic E-state index is 12.9. The Hall–Kier alpha value is -3.36. The van der Waals surface area contributed by atoms with Crippen LogP contribution in [0.3, 0.4) is 0 Å². The fraction of sp³-hybridized carbons (Fsp3) is 0.423. The summed E-state index contributed by atoms with van der Waals surface area (Å²) >= 11 is 0. The molecule has 35 heavy (non-hydrogen) atoms. The van der Waals surface area contributed by atoms with Crippen LogP contribution in [0.1, 0.15) is 47.2 Å². The van der Waals surface area contributed by atoms with E-state index in [0.717, 1.165) is 30.5 Å². The molecule has 0 spiro atoms. The molecule has 1 aliphatic rings. The second-order valence-electron chi connectivity index (χ2n) is 8.86. The molecule has 0 unspecified atom stereocenters. The first-order valence-electron chi connectivity index (χ1n) is 11.5. The number of carbonyl (C=O) groups excluding carboxylic acids is 3. The van der Waals surface area contributed by atoms with Crippen molar-refractivity contribution >= 4 is 17.8 Å². The number of ether oxygens (including phenoxy) is 1. The number of hydrogen-bond acceptors (Lipinski definition) is 4. The number of alkyl carbamates (subject to hydrolysis) is 1. The highest BCUT2D eigenvalue weighted by Crippen LogP contribution is 2.31. The van der Waals surface area contributed by atoms with Crippen molar-refractivity contribution in [3.8, 4) is 0 Å². The Balaban J connectivity index is 1.40. The van der Waals surface area contributed by atoms with Gasteiger partial charge in [-0.2, -0.15) is 13.2 Å². The molecular weight excluding hydrogens is 461 g/mol. The monoisotopic (exact) mass is 490 g/mol. The highest BCUT2D eigenvalue weighted by Gasteiger charge is 2.32. The molecule has 0 saturated heterocycles. The van der Waals surface area contributed by atoms with Gasteiger partial charge < -0.3 is 15.0 Å². The van der Waals surface area contributed by atoms with Crippen molar-refractivity contribution in [3.63, 3.8) is 0 Å². The minimum atomic E-state index is -4.54. The van der Waals surface area contributed by atoms with Crippen LogP contribution in [-0.2, 0) is 22.3 Å². The van der Waals surface area contributed by atoms with Gasteiger partial charge in [-0.3, -0.25) is 9.59 Å². The maximum absolute atomic E-state index is 12.9. The minimum Gasteiger partial charge on any atom is -0.445 e. The quantitative estimate of drug-likeness (QED) is 0.524. The van der Waals surface area contributed by atoms with Gasteiger partial charge in [0.2, 0.25) is 5.91 Å². The Kier molecular flexibility index (Phi) is 8.89. The number of benzene rings is 2. The van der Waals surface area contributed by atoms with E-state index in [1.165, 1.54) is 24.1 Å². The molecule has 0 aliphatic heterocycles. The normalized spacial score (nSPS) is 17.9. The Labute approximate surface area is 202 Å². The third kappa shape index (κ3) is 7.83. The highest BCUT2D eigenvalue weighted by atomic mass is 19.4. The van der Waals surface area contributed by atoms with Crippen molar-refractivity contribution < 1.29 is 32.3 Å². The first kappa shape index (κ1) is 26.2. The zero-order valence-corrected chi connectivity index (χ0v) is 19.5. The molecule has 3 rings (SSSR count). The van der Waals surface area contributed by atoms with Gasteiger partial charge in [-0.15, -0.1) is 0 Å². The van der Waals surface area contributed by atoms with Crippen LogP contribution in [0.4, 0.5) is 18.0 Å². The molecule has 1 fully saturated rings. The number of nitrogens with one attached hydrogen (secondary N) is 1. The van der Waals surface area contributed by atoms with E-state index in [-0.39, 0.29) is 36.5 Å². The fourth-order valence-corrected chi connectivity index (χ4v) is 4.18. The van der Waals surface area contributed by atoms with Crippen LogP contribution in [0.25, 0.3) is 0 Å². The van der Waals surface area contributed by atoms with E-state index >= 15 is 0 Å². The Morgan fingerprint density at radius 3 is 2.34 bits per heavy atom. The number of halogens is 3. The van der Waals surface area contributed by atoms with Crippen LogP contribution in [0.5, 0.6) is 0 Å². The van der Waals surface area contributed by atoms with Crippen molar-refractivity contribution in [3.05, 3.63) is 71.3 Å². The largest absolute Gasteiger partial charge is 0.445 e. The fourth-order valence-electron chi connectivity index (χ4n) is 4.18. The van der Waals surface area contributed by atoms with Crippen molar-refractivity contribution in [1.29, 1.82) is 0 Å². The average molecular weight is 491 g/mol. The van der Waals surface area contributed by atoms with Gasteiger partial charge in [-0.05, 0) is 49.3 Å². The lowest BCUT2D eigenvalue weighted by molar-refractivity contribution is -0.137. The van der Waals surface area contributed by atoms with Crippen LogP contribution in [0.15, 0.2) is 54.6 Å². The average Bonchev–Trinajstić information content (AvgIpc) is 2.86. The number of ketones is 1. The van der Waals surface area contributed by atoms with Gasteiger partial charge in [-0.25, -0.2) is 4.79 Å². The minimum absolute atomic E-state index is 0.0755. The zero-order chi connectivity index (χ0) is 25.4. The van der Waals surface area contributed by atoms with Crippen molar-refractivity contribution in [1.82, 2.24) is 10.2 Å². The van der Waals surface area contributed by atoms with Crippen molar-refractivity contribution in [2.75, 3.05) is 20.1 Å². The smallest absolute Gasteiger partial charge is 0.416 e. The van der Waals surface area contributed by atoms with Gasteiger partial charge >= 0.3 is 12.3 Å². The predicted octanol–water partition coefficient (Wildman–Crippen LogP) is 5.08. The van der Waals surface area contributed by atoms with Gasteiger partial charge in [0.25, 0.3) is 0 Å². The number of amides is 2. The summed E-state index contributed by atoms with van der Waals surface area (Å²) in [5, 5.41) is 2.77. The van der Waals surface area contributed by atoms with E-state index in [1.807, 2.05) is 30.3 Å². The lowest BCUT2D eigenvalue weighted by Crippen LogP contribution is -2.39. The van der Waals surface area contributed by atoms with Gasteiger partial charge in [0.15, 0.2) is 5.78 Å². The summed E-state index contributed by atoms with van der Waals surface area (Å²) < 4.78 is 43.9. The first-order chi connectivity index (χ1) is 16.6. The number of hydrogen-bond donors (Lipinski definition) is 1. The molecule has 9 heteroatoms. The Morgan fingerprint density at radius 2 is 1.69 bits per heavy atom. The second kappa shape index (κ2) is 11.9. The summed E-state index contributed by atoms with van der Waals surface area (Å²) in [4.78, 5) is 38.5. The van der Waals surface area contributed by atoms with Gasteiger partial charge in [0.05, 0.1) is 12.1 Å². The van der Waals surface area contributed by atoms with Gasteiger partial charge in [0.1, 0.15) is 6.61 Å². The van der Waals surface area contributed by atoms with E-state index in [9.17, 15) is 27.6 Å². The zero-order valence-electron chi connectivity index (χ0n) is 19.5. The molecular formula is C26H29F3N2O4. The standard InChI is InChI=1S/C26H29F3N2O4/c1-31(16-23(32)21-8-5-9-22(14-21)26(27,28)29)24(33)20-12-10-18(11-13-20)15-30-25(34)35-17-19-6-3-2-4-7-19/h2-9,14,18,20H,10-13,15-17H2,1H3,(H,30,34). The van der Waals surface area contributed by atoms with E-state index in [2.05, 4.69) is 5.32 Å². The third-order valence-electron chi connectivity index (χ3n) is 6.21. The summed E-state index contributed by atoms with van der Waals surface area (Å²) in [5.74, 6) is -0.770. The lowest BCUT2D eigenvalue weighted by Gasteiger charge is -2.30. The van der Waals surface area contributed by atoms with Crippen LogP contribution >= 0.6 is 0 Å². The van der Waals surface area contributed by atoms with Crippen LogP contribution in [0.2, 0.25) is 0 Å². The number of nitrogens with zero attached hydrogens (tertiary/aromatic N) is 1. The molecule has 0 radical (unpaired) electrons. The van der Waals surface area contributed by atoms with Crippen LogP contribution < -0.4 is 5.32 Å². The molecule has 188 valence electrons. The Morgan fingerprint density at radius 1 is 1.00 bits per heavy atom. The molecule has 2 aromatic rings. The summed E-state index contributed by atoms with van der Waals surface area (Å²) in [6.07, 6.45) is -2.31. The molecule has 0 atom stereocenters. The number of carbonyl (C=O) groups is 3. The molecule has 0 aromatic heterocycles. The maximum Gasteiger partial charge on any atom is 0.416 e. The SMILES string of the molecule is CN(CC(=O)c1cccc(C(F)(F)F)c1)C(=O)C1CCC(CNC(=O)OCc2ccccc2)CC1. The van der Waals surface area contributed by atoms with Crippen LogP contribution in [-0.4, -0.2) is 42.8 Å². The molecule has 1 aliphatic carbocycles. The summed E-state index contributed by atoms with van der Waals surface area (Å²) in [6, 6.07) is 13.6. The topological polar surface area (TPSA) is 75.7 Å². The summed E-state index contributed by atoms with van der Waals surface area (Å²) in [6.45, 7) is 0.368. The number of alkyl halides is 3. The van der Waals surface area contributed by atoms with E-state index in [1.54, 1.807) is 0 Å². The lowest BCUT2D eigenvalue weighted by atomic mass is 9.81. The molecule has 1 saturated carbocycles. The van der Waals surface area contributed by atoms with Crippen LogP contribution in [0, 0.1) is 11.8 Å². The summed E-state index contributed by atoms with van der Waals surface area (Å²) in [7, 11) is 1.49. The van der Waals surface area contributed by atoms with Crippen molar-refractivity contribution in [2.45, 2.75) is 38.5 Å². The van der Waals surface area contributed by atoms with E-state index in [4.69, 9.17) is 4.74 Å². The second-order valence-corrected chi connectivity index (χ2v) is 8.86. The Bertz CT molecular complexity index is 1020. The molecule has 0 heterocycles. The summed E-state index contributed by atoms with van der Waals surface area (Å²) in [5.41, 5.74) is -0.0704. The van der Waals surface area contributed by atoms with Gasteiger partial charge in [-0.1, -0.05) is 42.5 Å². The predicted molar refractivity (Wildman–Crippen MR) is 123 cm³/mol. The van der Waals surface area contributed by atoms with Crippen molar-refractivity contribution in [2.24, 2.45) is 11.8 Å². The van der Waals surface area contributed by atoms with E-state index < -0.39 is 23.6 Å². The number of likely N-dealkylation sites (N-methyl/N-ethyl adjacent to an activating group) is 1. The first-order valence-corrected chi connectivity index (χ1v) is 11.5. The van der Waals surface area contributed by atoms with Gasteiger partial charge in [0, 0.05) is 25.1 Å². The highest BCUT2D eigenvalue weighted by molar-refractivity contribution is 5.99. The molecule has 6 nitrogen and oxygen atoms in total. The number of rotatable bonds is 8. The van der Waals surface area contributed by atoms with E-state index in [0.29, 0.717) is 19.4 Å². The molecule has 2 aromatic carbocycles. The molecule has 2 amide bonds.